The van der Waals surface area contributed by atoms with Gasteiger partial charge in [-0.25, -0.2) is 0 Å². The van der Waals surface area contributed by atoms with Crippen molar-refractivity contribution in [1.82, 2.24) is 0 Å². The number of rotatable bonds is 6. The Morgan fingerprint density at radius 1 is 1.56 bits per heavy atom. The highest BCUT2D eigenvalue weighted by Crippen LogP contribution is 2.14. The molecule has 1 atom stereocenters. The van der Waals surface area contributed by atoms with Gasteiger partial charge >= 0.3 is 5.97 Å². The van der Waals surface area contributed by atoms with Crippen LogP contribution < -0.4 is 10.5 Å². The molecule has 0 aliphatic heterocycles. The Kier molecular flexibility index (Phi) is 5.08. The fourth-order valence-corrected chi connectivity index (χ4v) is 1.34. The van der Waals surface area contributed by atoms with Gasteiger partial charge in [-0.2, -0.15) is 0 Å². The van der Waals surface area contributed by atoms with Crippen LogP contribution in [0.25, 0.3) is 0 Å². The van der Waals surface area contributed by atoms with Gasteiger partial charge in [0.15, 0.2) is 0 Å². The standard InChI is InChI=1S/C11H14ClNO3/c12-4-5-16-9-3-1-2-8(6-9)7-10(13)11(14)15/h1-3,6,10H,4-5,7,13H2,(H,14,15). The zero-order valence-electron chi connectivity index (χ0n) is 8.73. The molecule has 1 rings (SSSR count). The monoisotopic (exact) mass is 243 g/mol. The van der Waals surface area contributed by atoms with Crippen LogP contribution in [-0.4, -0.2) is 29.6 Å². The lowest BCUT2D eigenvalue weighted by atomic mass is 10.1. The van der Waals surface area contributed by atoms with Crippen LogP contribution >= 0.6 is 11.6 Å². The normalized spacial score (nSPS) is 12.1. The Morgan fingerprint density at radius 2 is 2.31 bits per heavy atom. The van der Waals surface area contributed by atoms with Gasteiger partial charge in [0.05, 0.1) is 5.88 Å². The van der Waals surface area contributed by atoms with E-state index in [0.717, 1.165) is 5.56 Å². The summed E-state index contributed by atoms with van der Waals surface area (Å²) in [5.41, 5.74) is 6.27. The van der Waals surface area contributed by atoms with E-state index in [4.69, 9.17) is 27.2 Å². The van der Waals surface area contributed by atoms with E-state index in [-0.39, 0.29) is 6.42 Å². The number of hydrogen-bond donors (Lipinski definition) is 2. The molecule has 0 saturated carbocycles. The number of ether oxygens (including phenoxy) is 1. The number of nitrogens with two attached hydrogens (primary N) is 1. The molecule has 4 nitrogen and oxygen atoms in total. The highest BCUT2D eigenvalue weighted by molar-refractivity contribution is 6.18. The van der Waals surface area contributed by atoms with Gasteiger partial charge in [0.25, 0.3) is 0 Å². The third-order valence-corrected chi connectivity index (χ3v) is 2.17. The Morgan fingerprint density at radius 3 is 2.94 bits per heavy atom. The first-order valence-corrected chi connectivity index (χ1v) is 5.43. The number of carboxylic acid groups (broad SMARTS) is 1. The zero-order valence-corrected chi connectivity index (χ0v) is 9.48. The topological polar surface area (TPSA) is 72.5 Å². The number of hydrogen-bond acceptors (Lipinski definition) is 3. The van der Waals surface area contributed by atoms with Gasteiger partial charge < -0.3 is 15.6 Å². The molecule has 1 aromatic rings. The molecule has 0 heterocycles. The summed E-state index contributed by atoms with van der Waals surface area (Å²) >= 11 is 5.49. The average Bonchev–Trinajstić information content (AvgIpc) is 2.26. The van der Waals surface area contributed by atoms with Crippen molar-refractivity contribution in [1.29, 1.82) is 0 Å². The van der Waals surface area contributed by atoms with Crippen LogP contribution in [0.3, 0.4) is 0 Å². The van der Waals surface area contributed by atoms with Gasteiger partial charge in [0, 0.05) is 0 Å². The van der Waals surface area contributed by atoms with Crippen molar-refractivity contribution in [2.45, 2.75) is 12.5 Å². The molecule has 1 aromatic carbocycles. The largest absolute Gasteiger partial charge is 0.492 e. The summed E-state index contributed by atoms with van der Waals surface area (Å²) in [6.45, 7) is 0.427. The molecule has 3 N–H and O–H groups in total. The third kappa shape index (κ3) is 4.08. The second kappa shape index (κ2) is 6.35. The molecule has 0 aliphatic rings. The van der Waals surface area contributed by atoms with E-state index < -0.39 is 12.0 Å². The number of carboxylic acids is 1. The second-order valence-electron chi connectivity index (χ2n) is 3.33. The van der Waals surface area contributed by atoms with E-state index in [1.807, 2.05) is 6.07 Å². The lowest BCUT2D eigenvalue weighted by molar-refractivity contribution is -0.138. The lowest BCUT2D eigenvalue weighted by Crippen LogP contribution is -2.32. The van der Waals surface area contributed by atoms with Gasteiger partial charge in [0.2, 0.25) is 0 Å². The summed E-state index contributed by atoms with van der Waals surface area (Å²) in [6, 6.07) is 6.30. The summed E-state index contributed by atoms with van der Waals surface area (Å²) in [7, 11) is 0. The van der Waals surface area contributed by atoms with Crippen molar-refractivity contribution < 1.29 is 14.6 Å². The zero-order chi connectivity index (χ0) is 12.0. The van der Waals surface area contributed by atoms with E-state index in [1.54, 1.807) is 18.2 Å². The van der Waals surface area contributed by atoms with Crippen molar-refractivity contribution in [3.63, 3.8) is 0 Å². The molecule has 0 aliphatic carbocycles. The average molecular weight is 244 g/mol. The first-order valence-electron chi connectivity index (χ1n) is 4.89. The van der Waals surface area contributed by atoms with Crippen LogP contribution in [0.4, 0.5) is 0 Å². The molecule has 0 spiro atoms. The van der Waals surface area contributed by atoms with Crippen LogP contribution in [0.1, 0.15) is 5.56 Å². The van der Waals surface area contributed by atoms with Crippen molar-refractivity contribution in [2.75, 3.05) is 12.5 Å². The third-order valence-electron chi connectivity index (χ3n) is 2.02. The molecule has 0 amide bonds. The van der Waals surface area contributed by atoms with Gasteiger partial charge in [-0.15, -0.1) is 11.6 Å². The van der Waals surface area contributed by atoms with E-state index in [0.29, 0.717) is 18.2 Å². The quantitative estimate of drug-likeness (QED) is 0.738. The summed E-state index contributed by atoms with van der Waals surface area (Å²) in [5.74, 6) is 0.0848. The van der Waals surface area contributed by atoms with Crippen LogP contribution in [-0.2, 0) is 11.2 Å². The van der Waals surface area contributed by atoms with Gasteiger partial charge in [0.1, 0.15) is 18.4 Å². The van der Waals surface area contributed by atoms with Crippen molar-refractivity contribution >= 4 is 17.6 Å². The molecule has 16 heavy (non-hydrogen) atoms. The number of benzene rings is 1. The summed E-state index contributed by atoms with van der Waals surface area (Å²) < 4.78 is 5.32. The predicted octanol–water partition coefficient (Wildman–Crippen LogP) is 1.26. The van der Waals surface area contributed by atoms with Crippen molar-refractivity contribution in [2.24, 2.45) is 5.73 Å². The number of carbonyl (C=O) groups is 1. The molecule has 1 unspecified atom stereocenters. The van der Waals surface area contributed by atoms with E-state index in [2.05, 4.69) is 0 Å². The van der Waals surface area contributed by atoms with Crippen LogP contribution in [0, 0.1) is 0 Å². The van der Waals surface area contributed by atoms with Crippen LogP contribution in [0.15, 0.2) is 24.3 Å². The first kappa shape index (κ1) is 12.8. The van der Waals surface area contributed by atoms with Gasteiger partial charge in [-0.3, -0.25) is 4.79 Å². The minimum Gasteiger partial charge on any atom is -0.492 e. The molecule has 5 heteroatoms. The maximum atomic E-state index is 10.6. The molecule has 0 saturated heterocycles. The number of alkyl halides is 1. The second-order valence-corrected chi connectivity index (χ2v) is 3.71. The molecule has 88 valence electrons. The summed E-state index contributed by atoms with van der Waals surface area (Å²) in [4.78, 5) is 10.6. The Labute approximate surface area is 99.0 Å². The Hall–Kier alpha value is -1.26. The van der Waals surface area contributed by atoms with E-state index in [9.17, 15) is 4.79 Å². The fraction of sp³-hybridized carbons (Fsp3) is 0.364. The molecular formula is C11H14ClNO3. The maximum Gasteiger partial charge on any atom is 0.320 e. The number of halogens is 1. The lowest BCUT2D eigenvalue weighted by Gasteiger charge is -2.08. The Balaban J connectivity index is 2.63. The highest BCUT2D eigenvalue weighted by atomic mass is 35.5. The molecule has 0 radical (unpaired) electrons. The first-order chi connectivity index (χ1) is 7.63. The molecule has 0 aromatic heterocycles. The fourth-order valence-electron chi connectivity index (χ4n) is 1.26. The maximum absolute atomic E-state index is 10.6. The van der Waals surface area contributed by atoms with Gasteiger partial charge in [-0.1, -0.05) is 12.1 Å². The summed E-state index contributed by atoms with van der Waals surface area (Å²) in [5, 5.41) is 8.68. The smallest absolute Gasteiger partial charge is 0.320 e. The van der Waals surface area contributed by atoms with Crippen LogP contribution in [0.2, 0.25) is 0 Å². The van der Waals surface area contributed by atoms with Gasteiger partial charge in [-0.05, 0) is 24.1 Å². The van der Waals surface area contributed by atoms with Crippen molar-refractivity contribution in [3.8, 4) is 5.75 Å². The van der Waals surface area contributed by atoms with E-state index >= 15 is 0 Å². The predicted molar refractivity (Wildman–Crippen MR) is 62.0 cm³/mol. The highest BCUT2D eigenvalue weighted by Gasteiger charge is 2.12. The molecule has 0 bridgehead atoms. The Bertz CT molecular complexity index is 357. The summed E-state index contributed by atoms with van der Waals surface area (Å²) in [6.07, 6.45) is 0.285. The minimum atomic E-state index is -1.01. The van der Waals surface area contributed by atoms with Crippen molar-refractivity contribution in [3.05, 3.63) is 29.8 Å². The van der Waals surface area contributed by atoms with E-state index in [1.165, 1.54) is 0 Å². The SMILES string of the molecule is NC(Cc1cccc(OCCCl)c1)C(=O)O. The minimum absolute atomic E-state index is 0.285. The van der Waals surface area contributed by atoms with Crippen LogP contribution in [0.5, 0.6) is 5.75 Å². The molecule has 0 fully saturated rings. The number of aliphatic carboxylic acids is 1. The molecular weight excluding hydrogens is 230 g/mol.